The van der Waals surface area contributed by atoms with Gasteiger partial charge in [0.15, 0.2) is 11.5 Å². The number of rotatable bonds is 5. The van der Waals surface area contributed by atoms with Crippen molar-refractivity contribution in [3.8, 4) is 17.2 Å². The van der Waals surface area contributed by atoms with Gasteiger partial charge < -0.3 is 24.4 Å². The predicted octanol–water partition coefficient (Wildman–Crippen LogP) is 3.51. The van der Waals surface area contributed by atoms with Crippen LogP contribution >= 0.6 is 0 Å². The molecule has 30 heavy (non-hydrogen) atoms. The van der Waals surface area contributed by atoms with Gasteiger partial charge in [0.2, 0.25) is 12.7 Å². The second-order valence-corrected chi connectivity index (χ2v) is 7.00. The van der Waals surface area contributed by atoms with E-state index in [1.165, 1.54) is 18.2 Å². The maximum atomic E-state index is 12.8. The molecule has 7 nitrogen and oxygen atoms in total. The Bertz CT molecular complexity index is 945. The first-order valence-corrected chi connectivity index (χ1v) is 9.55. The molecule has 0 unspecified atom stereocenters. The Labute approximate surface area is 171 Å². The standard InChI is InChI=1S/C21H20F2N2O5/c22-21(23)30-16-4-2-1-3-15(16)20(27)25-9-7-13(8-10-25)19(26)24-14-5-6-17-18(11-14)29-12-28-17/h1-6,11,13,21H,7-10,12H2,(H,24,26). The number of ether oxygens (including phenoxy) is 3. The third-order valence-electron chi connectivity index (χ3n) is 5.13. The molecule has 0 atom stereocenters. The van der Waals surface area contributed by atoms with Crippen LogP contribution in [0.25, 0.3) is 0 Å². The molecule has 1 fully saturated rings. The lowest BCUT2D eigenvalue weighted by molar-refractivity contribution is -0.121. The minimum Gasteiger partial charge on any atom is -0.454 e. The molecule has 2 aliphatic rings. The Balaban J connectivity index is 1.34. The topological polar surface area (TPSA) is 77.1 Å². The summed E-state index contributed by atoms with van der Waals surface area (Å²) in [6.45, 7) is -2.16. The molecule has 0 aromatic heterocycles. The van der Waals surface area contributed by atoms with Crippen molar-refractivity contribution in [2.45, 2.75) is 19.5 Å². The lowest BCUT2D eigenvalue weighted by Gasteiger charge is -2.31. The Morgan fingerprint density at radius 2 is 1.80 bits per heavy atom. The number of carbonyl (C=O) groups is 2. The van der Waals surface area contributed by atoms with Crippen LogP contribution in [0.5, 0.6) is 17.2 Å². The highest BCUT2D eigenvalue weighted by molar-refractivity contribution is 5.97. The van der Waals surface area contributed by atoms with Crippen molar-refractivity contribution in [3.05, 3.63) is 48.0 Å². The van der Waals surface area contributed by atoms with Gasteiger partial charge in [0.1, 0.15) is 5.75 Å². The summed E-state index contributed by atoms with van der Waals surface area (Å²) in [5, 5.41) is 2.87. The molecule has 1 saturated heterocycles. The van der Waals surface area contributed by atoms with Crippen molar-refractivity contribution >= 4 is 17.5 Å². The average molecular weight is 418 g/mol. The van der Waals surface area contributed by atoms with Crippen LogP contribution in [0, 0.1) is 5.92 Å². The van der Waals surface area contributed by atoms with Crippen molar-refractivity contribution in [1.29, 1.82) is 0 Å². The van der Waals surface area contributed by atoms with Crippen LogP contribution in [-0.2, 0) is 4.79 Å². The fraction of sp³-hybridized carbons (Fsp3) is 0.333. The molecular weight excluding hydrogens is 398 g/mol. The van der Waals surface area contributed by atoms with Gasteiger partial charge in [-0.15, -0.1) is 0 Å². The molecule has 2 amide bonds. The summed E-state index contributed by atoms with van der Waals surface area (Å²) in [5.74, 6) is 0.282. The lowest BCUT2D eigenvalue weighted by Crippen LogP contribution is -2.41. The van der Waals surface area contributed by atoms with E-state index in [0.717, 1.165) is 0 Å². The van der Waals surface area contributed by atoms with Gasteiger partial charge in [-0.3, -0.25) is 9.59 Å². The minimum atomic E-state index is -3.01. The van der Waals surface area contributed by atoms with Crippen LogP contribution in [0.3, 0.4) is 0 Å². The van der Waals surface area contributed by atoms with Gasteiger partial charge in [-0.2, -0.15) is 8.78 Å². The van der Waals surface area contributed by atoms with Crippen molar-refractivity contribution in [2.24, 2.45) is 5.92 Å². The van der Waals surface area contributed by atoms with E-state index < -0.39 is 6.61 Å². The number of likely N-dealkylation sites (tertiary alicyclic amines) is 1. The predicted molar refractivity (Wildman–Crippen MR) is 103 cm³/mol. The number of amides is 2. The van der Waals surface area contributed by atoms with Crippen LogP contribution in [-0.4, -0.2) is 43.2 Å². The monoisotopic (exact) mass is 418 g/mol. The Morgan fingerprint density at radius 3 is 2.57 bits per heavy atom. The van der Waals surface area contributed by atoms with Crippen LogP contribution in [0.15, 0.2) is 42.5 Å². The first-order valence-electron chi connectivity index (χ1n) is 9.55. The lowest BCUT2D eigenvalue weighted by atomic mass is 9.95. The number of para-hydroxylation sites is 1. The Hall–Kier alpha value is -3.36. The highest BCUT2D eigenvalue weighted by Gasteiger charge is 2.29. The average Bonchev–Trinajstić information content (AvgIpc) is 3.21. The number of hydrogen-bond acceptors (Lipinski definition) is 5. The molecule has 1 N–H and O–H groups in total. The van der Waals surface area contributed by atoms with Gasteiger partial charge in [0.05, 0.1) is 5.56 Å². The minimum absolute atomic E-state index is 0.0843. The van der Waals surface area contributed by atoms with E-state index in [1.807, 2.05) is 0 Å². The van der Waals surface area contributed by atoms with Crippen molar-refractivity contribution in [1.82, 2.24) is 4.90 Å². The smallest absolute Gasteiger partial charge is 0.387 e. The quantitative estimate of drug-likeness (QED) is 0.804. The number of alkyl halides is 2. The normalized spacial score (nSPS) is 15.9. The third-order valence-corrected chi connectivity index (χ3v) is 5.13. The number of halogens is 2. The number of hydrogen-bond donors (Lipinski definition) is 1. The summed E-state index contributed by atoms with van der Waals surface area (Å²) in [5.41, 5.74) is 0.696. The Kier molecular flexibility index (Phi) is 5.69. The summed E-state index contributed by atoms with van der Waals surface area (Å²) < 4.78 is 40.2. The van der Waals surface area contributed by atoms with E-state index in [9.17, 15) is 18.4 Å². The Morgan fingerprint density at radius 1 is 1.07 bits per heavy atom. The molecule has 4 rings (SSSR count). The first kappa shape index (κ1) is 19.9. The number of benzene rings is 2. The van der Waals surface area contributed by atoms with Gasteiger partial charge in [0, 0.05) is 30.8 Å². The number of anilines is 1. The van der Waals surface area contributed by atoms with Gasteiger partial charge in [0.25, 0.3) is 5.91 Å². The fourth-order valence-electron chi connectivity index (χ4n) is 3.58. The maximum Gasteiger partial charge on any atom is 0.387 e. The molecule has 0 aliphatic carbocycles. The molecule has 0 spiro atoms. The number of piperidine rings is 1. The van der Waals surface area contributed by atoms with Crippen molar-refractivity contribution in [3.63, 3.8) is 0 Å². The number of nitrogens with one attached hydrogen (secondary N) is 1. The van der Waals surface area contributed by atoms with E-state index in [4.69, 9.17) is 9.47 Å². The molecule has 2 aromatic carbocycles. The summed E-state index contributed by atoms with van der Waals surface area (Å²) in [7, 11) is 0. The number of fused-ring (bicyclic) bond motifs is 1. The summed E-state index contributed by atoms with van der Waals surface area (Å²) in [4.78, 5) is 26.9. The molecule has 2 heterocycles. The number of nitrogens with zero attached hydrogens (tertiary/aromatic N) is 1. The first-order chi connectivity index (χ1) is 14.5. The molecular formula is C21H20F2N2O5. The van der Waals surface area contributed by atoms with Crippen LogP contribution in [0.1, 0.15) is 23.2 Å². The van der Waals surface area contributed by atoms with Gasteiger partial charge in [-0.1, -0.05) is 12.1 Å². The van der Waals surface area contributed by atoms with E-state index in [1.54, 1.807) is 29.2 Å². The highest BCUT2D eigenvalue weighted by atomic mass is 19.3. The molecule has 0 bridgehead atoms. The second kappa shape index (κ2) is 8.56. The SMILES string of the molecule is O=C(Nc1ccc2c(c1)OCO2)C1CCN(C(=O)c2ccccc2OC(F)F)CC1. The van der Waals surface area contributed by atoms with E-state index in [-0.39, 0.29) is 35.8 Å². The molecule has 0 radical (unpaired) electrons. The molecule has 158 valence electrons. The van der Waals surface area contributed by atoms with Crippen LogP contribution < -0.4 is 19.5 Å². The molecule has 0 saturated carbocycles. The van der Waals surface area contributed by atoms with E-state index in [2.05, 4.69) is 10.1 Å². The summed E-state index contributed by atoms with van der Waals surface area (Å²) in [6.07, 6.45) is 0.944. The largest absolute Gasteiger partial charge is 0.454 e. The fourth-order valence-corrected chi connectivity index (χ4v) is 3.58. The molecule has 9 heteroatoms. The van der Waals surface area contributed by atoms with Crippen LogP contribution in [0.2, 0.25) is 0 Å². The maximum absolute atomic E-state index is 12.8. The van der Waals surface area contributed by atoms with Crippen molar-refractivity contribution < 1.29 is 32.6 Å². The third kappa shape index (κ3) is 4.29. The zero-order valence-corrected chi connectivity index (χ0v) is 16.0. The summed E-state index contributed by atoms with van der Waals surface area (Å²) in [6, 6.07) is 11.1. The van der Waals surface area contributed by atoms with Crippen LogP contribution in [0.4, 0.5) is 14.5 Å². The highest BCUT2D eigenvalue weighted by Crippen LogP contribution is 2.34. The number of carbonyl (C=O) groups excluding carboxylic acids is 2. The van der Waals surface area contributed by atoms with Gasteiger partial charge in [-0.25, -0.2) is 0 Å². The van der Waals surface area contributed by atoms with E-state index in [0.29, 0.717) is 43.1 Å². The second-order valence-electron chi connectivity index (χ2n) is 7.00. The zero-order chi connectivity index (χ0) is 21.1. The zero-order valence-electron chi connectivity index (χ0n) is 16.0. The molecule has 2 aliphatic heterocycles. The van der Waals surface area contributed by atoms with Gasteiger partial charge in [-0.05, 0) is 37.1 Å². The molecule has 2 aromatic rings. The van der Waals surface area contributed by atoms with Gasteiger partial charge >= 0.3 is 6.61 Å². The summed E-state index contributed by atoms with van der Waals surface area (Å²) >= 11 is 0. The van der Waals surface area contributed by atoms with E-state index >= 15 is 0 Å². The van der Waals surface area contributed by atoms with Crippen molar-refractivity contribution in [2.75, 3.05) is 25.2 Å².